The van der Waals surface area contributed by atoms with Crippen molar-refractivity contribution in [2.45, 2.75) is 79.3 Å². The maximum Gasteiger partial charge on any atom is 0.310 e. The fourth-order valence-electron chi connectivity index (χ4n) is 4.08. The van der Waals surface area contributed by atoms with E-state index < -0.39 is 17.9 Å². The Morgan fingerprint density at radius 2 is 1.80 bits per heavy atom. The maximum atomic E-state index is 11.9. The second kappa shape index (κ2) is 16.3. The highest BCUT2D eigenvalue weighted by molar-refractivity contribution is 7.10. The minimum Gasteiger partial charge on any atom is -0.344 e. The number of benzene rings is 2. The summed E-state index contributed by atoms with van der Waals surface area (Å²) >= 11 is 1.40. The van der Waals surface area contributed by atoms with Crippen LogP contribution in [0.5, 0.6) is 0 Å². The Labute approximate surface area is 248 Å². The molecule has 1 aromatic heterocycles. The minimum atomic E-state index is -0.777. The highest BCUT2D eigenvalue weighted by Crippen LogP contribution is 2.49. The zero-order valence-corrected chi connectivity index (χ0v) is 25.9. The number of nitrogens with zero attached hydrogens (tertiary/aromatic N) is 1. The average molecular weight is 572 g/mol. The smallest absolute Gasteiger partial charge is 0.310 e. The molecule has 6 nitrogen and oxygen atoms in total. The summed E-state index contributed by atoms with van der Waals surface area (Å²) in [7, 11) is 0. The van der Waals surface area contributed by atoms with Crippen LogP contribution in [0.2, 0.25) is 0 Å². The summed E-state index contributed by atoms with van der Waals surface area (Å²) in [4.78, 5) is 39.3. The van der Waals surface area contributed by atoms with Crippen LogP contribution in [-0.4, -0.2) is 28.6 Å². The quantitative estimate of drug-likeness (QED) is 0.198. The topological polar surface area (TPSA) is 88.2 Å². The zero-order valence-electron chi connectivity index (χ0n) is 25.1. The van der Waals surface area contributed by atoms with Gasteiger partial charge in [-0.3, -0.25) is 14.4 Å². The van der Waals surface area contributed by atoms with Crippen molar-refractivity contribution in [1.29, 1.82) is 0 Å². The molecule has 4 rings (SSSR count). The number of aromatic nitrogens is 1. The van der Waals surface area contributed by atoms with Gasteiger partial charge in [-0.1, -0.05) is 81.3 Å². The van der Waals surface area contributed by atoms with Crippen LogP contribution in [0.4, 0.5) is 0 Å². The number of aryl methyl sites for hydroxylation is 1. The highest BCUT2D eigenvalue weighted by atomic mass is 32.1. The van der Waals surface area contributed by atoms with E-state index in [1.165, 1.54) is 47.8 Å². The Hall–Kier alpha value is -4.02. The third kappa shape index (κ3) is 10.1. The van der Waals surface area contributed by atoms with Gasteiger partial charge in [-0.15, -0.1) is 11.3 Å². The molecule has 1 fully saturated rings. The van der Waals surface area contributed by atoms with Crippen LogP contribution in [0, 0.1) is 18.8 Å². The van der Waals surface area contributed by atoms with Gasteiger partial charge in [0.05, 0.1) is 6.04 Å². The molecule has 1 heterocycles. The molecule has 2 amide bonds. The number of rotatable bonds is 6. The third-order valence-electron chi connectivity index (χ3n) is 6.53. The number of carbonyl (C=O) groups excluding carboxylic acids is 3. The van der Waals surface area contributed by atoms with Crippen LogP contribution in [0.1, 0.15) is 92.0 Å². The van der Waals surface area contributed by atoms with Crippen molar-refractivity contribution in [2.24, 2.45) is 0 Å². The first-order chi connectivity index (χ1) is 19.6. The molecule has 0 bridgehead atoms. The Bertz CT molecular complexity index is 1410. The first-order valence-electron chi connectivity index (χ1n) is 14.0. The van der Waals surface area contributed by atoms with Crippen LogP contribution >= 0.6 is 11.3 Å². The lowest BCUT2D eigenvalue weighted by Gasteiger charge is -2.14. The Morgan fingerprint density at radius 1 is 1.10 bits per heavy atom. The summed E-state index contributed by atoms with van der Waals surface area (Å²) in [5.74, 6) is 3.98. The van der Waals surface area contributed by atoms with Gasteiger partial charge in [0.25, 0.3) is 0 Å². The van der Waals surface area contributed by atoms with Crippen molar-refractivity contribution < 1.29 is 14.4 Å². The van der Waals surface area contributed by atoms with Crippen molar-refractivity contribution in [3.8, 4) is 11.8 Å². The molecule has 3 aromatic rings. The fraction of sp³-hybridized carbons (Fsp3) is 0.353. The number of thiazole rings is 1. The minimum absolute atomic E-state index is 0.0969. The van der Waals surface area contributed by atoms with Crippen LogP contribution in [0.3, 0.4) is 0 Å². The lowest BCUT2D eigenvalue weighted by molar-refractivity contribution is -0.139. The number of nitrogens with one attached hydrogen (secondary N) is 2. The van der Waals surface area contributed by atoms with Crippen molar-refractivity contribution in [3.63, 3.8) is 0 Å². The van der Waals surface area contributed by atoms with Crippen molar-refractivity contribution in [1.82, 2.24) is 15.6 Å². The molecule has 1 unspecified atom stereocenters. The molecule has 2 N–H and O–H groups in total. The number of hydrogen-bond acceptors (Lipinski definition) is 5. The molecule has 7 heteroatoms. The van der Waals surface area contributed by atoms with E-state index >= 15 is 0 Å². The zero-order chi connectivity index (χ0) is 30.4. The fourth-order valence-corrected chi connectivity index (χ4v) is 4.57. The molecule has 41 heavy (non-hydrogen) atoms. The summed E-state index contributed by atoms with van der Waals surface area (Å²) in [5.41, 5.74) is 6.03. The molecule has 216 valence electrons. The van der Waals surface area contributed by atoms with Gasteiger partial charge in [0.15, 0.2) is 10.8 Å². The second-order valence-electron chi connectivity index (χ2n) is 9.79. The lowest BCUT2D eigenvalue weighted by Crippen LogP contribution is -2.43. The van der Waals surface area contributed by atoms with E-state index in [1.54, 1.807) is 42.8 Å². The van der Waals surface area contributed by atoms with Crippen LogP contribution in [-0.2, 0) is 21.5 Å². The Kier molecular flexibility index (Phi) is 13.2. The number of hydrogen-bond donors (Lipinski definition) is 2. The van der Waals surface area contributed by atoms with Gasteiger partial charge in [-0.2, -0.15) is 0 Å². The molecule has 1 aliphatic rings. The van der Waals surface area contributed by atoms with Crippen molar-refractivity contribution in [2.75, 3.05) is 0 Å². The van der Waals surface area contributed by atoms with E-state index in [-0.39, 0.29) is 12.3 Å². The summed E-state index contributed by atoms with van der Waals surface area (Å²) in [5, 5.41) is 7.46. The maximum absolute atomic E-state index is 11.9. The van der Waals surface area contributed by atoms with Gasteiger partial charge < -0.3 is 10.6 Å². The molecule has 1 atom stereocenters. The number of carbonyl (C=O) groups is 3. The van der Waals surface area contributed by atoms with Gasteiger partial charge in [-0.05, 0) is 74.1 Å². The molecule has 0 radical (unpaired) electrons. The first kappa shape index (κ1) is 33.2. The van der Waals surface area contributed by atoms with Gasteiger partial charge in [0, 0.05) is 23.7 Å². The van der Waals surface area contributed by atoms with E-state index in [0.29, 0.717) is 21.5 Å². The van der Waals surface area contributed by atoms with Crippen molar-refractivity contribution >= 4 is 35.0 Å². The van der Waals surface area contributed by atoms with Crippen LogP contribution < -0.4 is 10.6 Å². The van der Waals surface area contributed by atoms with Gasteiger partial charge >= 0.3 is 11.8 Å². The summed E-state index contributed by atoms with van der Waals surface area (Å²) in [6.07, 6.45) is 8.72. The molecule has 0 saturated heterocycles. The molecular weight excluding hydrogens is 530 g/mol. The first-order valence-corrected chi connectivity index (χ1v) is 14.8. The number of ketones is 1. The normalized spacial score (nSPS) is 13.2. The summed E-state index contributed by atoms with van der Waals surface area (Å²) in [6.45, 7) is 13.9. The molecule has 0 spiro atoms. The number of amides is 2. The number of allylic oxidation sites excluding steroid dienone is 1. The van der Waals surface area contributed by atoms with E-state index in [0.717, 1.165) is 0 Å². The number of Topliss-reactive ketones (excluding diaryl/α,β-unsaturated/α-hetero) is 1. The molecular formula is C34H41N3O3S. The van der Waals surface area contributed by atoms with Crippen molar-refractivity contribution in [3.05, 3.63) is 92.9 Å². The SMILES string of the molecule is C/C=C\c1c(C)cccc1C1(C)CC1.CC.CC(=O)c1ccccc1CNC(=O)C(=O)NC(C)C#Cc1nccs1. The monoisotopic (exact) mass is 571 g/mol. The largest absolute Gasteiger partial charge is 0.344 e. The third-order valence-corrected chi connectivity index (χ3v) is 7.21. The average Bonchev–Trinajstić information content (AvgIpc) is 3.49. The van der Waals surface area contributed by atoms with Crippen LogP contribution in [0.15, 0.2) is 60.1 Å². The molecule has 2 aromatic carbocycles. The van der Waals surface area contributed by atoms with E-state index in [4.69, 9.17) is 0 Å². The highest BCUT2D eigenvalue weighted by Gasteiger charge is 2.40. The van der Waals surface area contributed by atoms with E-state index in [9.17, 15) is 14.4 Å². The van der Waals surface area contributed by atoms with Gasteiger partial charge in [0.1, 0.15) is 0 Å². The lowest BCUT2D eigenvalue weighted by atomic mass is 9.90. The summed E-state index contributed by atoms with van der Waals surface area (Å²) < 4.78 is 0. The second-order valence-corrected chi connectivity index (χ2v) is 10.7. The van der Waals surface area contributed by atoms with E-state index in [1.807, 2.05) is 13.8 Å². The molecule has 0 aliphatic heterocycles. The summed E-state index contributed by atoms with van der Waals surface area (Å²) in [6, 6.07) is 13.1. The van der Waals surface area contributed by atoms with Gasteiger partial charge in [-0.25, -0.2) is 4.98 Å². The standard InChI is InChI=1S/C18H17N3O3S.C14H18.C2H6/c1-12(7-8-16-19-9-10-25-16)21-18(24)17(23)20-11-14-5-3-4-6-15(14)13(2)22;1-4-6-12-11(2)7-5-8-13(12)14(3)9-10-14;1-2/h3-6,9-10,12H,11H2,1-2H3,(H,20,23)(H,21,24);4-8H,9-10H2,1-3H3;1-2H3/b;6-4-;. The van der Waals surface area contributed by atoms with Gasteiger partial charge in [0.2, 0.25) is 0 Å². The molecule has 1 aliphatic carbocycles. The predicted octanol–water partition coefficient (Wildman–Crippen LogP) is 6.62. The predicted molar refractivity (Wildman–Crippen MR) is 169 cm³/mol. The molecule has 1 saturated carbocycles. The van der Waals surface area contributed by atoms with E-state index in [2.05, 4.69) is 78.6 Å². The Balaban J connectivity index is 0.000000309. The Morgan fingerprint density at radius 3 is 2.41 bits per heavy atom. The van der Waals surface area contributed by atoms with Crippen LogP contribution in [0.25, 0.3) is 6.08 Å².